The molecule has 3 aromatic rings. The Labute approximate surface area is 199 Å². The number of para-hydroxylation sites is 1. The first-order chi connectivity index (χ1) is 16.3. The van der Waals surface area contributed by atoms with E-state index in [4.69, 9.17) is 14.7 Å². The van der Waals surface area contributed by atoms with Crippen LogP contribution in [0.25, 0.3) is 16.9 Å². The highest BCUT2D eigenvalue weighted by atomic mass is 31.1. The molecule has 0 spiro atoms. The SMILES string of the molecule is CC(C)c1nn(-c2ccccc2)c(-c2ccc(F)cc2)c1CCCO[P+](=O)C[C@@H](O)CC(=O)O. The molecule has 2 N–H and O–H groups in total. The molecule has 0 aliphatic carbocycles. The van der Waals surface area contributed by atoms with Crippen LogP contribution in [0.4, 0.5) is 4.39 Å². The average Bonchev–Trinajstić information content (AvgIpc) is 3.17. The van der Waals surface area contributed by atoms with Gasteiger partial charge in [0.15, 0.2) is 0 Å². The van der Waals surface area contributed by atoms with Gasteiger partial charge in [0.1, 0.15) is 18.5 Å². The Balaban J connectivity index is 1.83. The van der Waals surface area contributed by atoms with Gasteiger partial charge in [0.2, 0.25) is 6.16 Å². The van der Waals surface area contributed by atoms with Crippen molar-refractivity contribution in [3.05, 3.63) is 71.7 Å². The fraction of sp³-hybridized carbons (Fsp3) is 0.360. The normalized spacial score (nSPS) is 12.7. The van der Waals surface area contributed by atoms with Crippen molar-refractivity contribution in [3.63, 3.8) is 0 Å². The van der Waals surface area contributed by atoms with Gasteiger partial charge >= 0.3 is 14.0 Å². The molecular weight excluding hydrogens is 458 g/mol. The number of halogens is 1. The van der Waals surface area contributed by atoms with Crippen molar-refractivity contribution in [2.24, 2.45) is 0 Å². The Morgan fingerprint density at radius 1 is 1.15 bits per heavy atom. The maximum absolute atomic E-state index is 13.6. The number of nitrogens with zero attached hydrogens (tertiary/aromatic N) is 2. The summed E-state index contributed by atoms with van der Waals surface area (Å²) >= 11 is 0. The fourth-order valence-corrected chi connectivity index (χ4v) is 4.66. The highest BCUT2D eigenvalue weighted by Gasteiger charge is 2.26. The van der Waals surface area contributed by atoms with Crippen molar-refractivity contribution >= 4 is 14.0 Å². The Bertz CT molecular complexity index is 1120. The lowest BCUT2D eigenvalue weighted by atomic mass is 9.97. The zero-order valence-corrected chi connectivity index (χ0v) is 20.1. The van der Waals surface area contributed by atoms with Crippen molar-refractivity contribution in [2.75, 3.05) is 12.8 Å². The second-order valence-corrected chi connectivity index (χ2v) is 9.61. The van der Waals surface area contributed by atoms with E-state index in [9.17, 15) is 18.9 Å². The summed E-state index contributed by atoms with van der Waals surface area (Å²) in [7, 11) is -2.16. The summed E-state index contributed by atoms with van der Waals surface area (Å²) in [5, 5.41) is 23.2. The molecule has 0 saturated carbocycles. The van der Waals surface area contributed by atoms with Gasteiger partial charge in [-0.15, -0.1) is 4.52 Å². The molecule has 3 rings (SSSR count). The zero-order chi connectivity index (χ0) is 24.7. The summed E-state index contributed by atoms with van der Waals surface area (Å²) in [6.07, 6.45) is -0.755. The monoisotopic (exact) mass is 487 g/mol. The third kappa shape index (κ3) is 6.79. The number of carbonyl (C=O) groups is 1. The highest BCUT2D eigenvalue weighted by molar-refractivity contribution is 7.39. The number of hydrogen-bond donors (Lipinski definition) is 2. The van der Waals surface area contributed by atoms with Gasteiger partial charge in [-0.1, -0.05) is 32.0 Å². The molecule has 0 bridgehead atoms. The zero-order valence-electron chi connectivity index (χ0n) is 19.2. The molecule has 1 heterocycles. The second kappa shape index (κ2) is 12.0. The number of rotatable bonds is 12. The van der Waals surface area contributed by atoms with Crippen molar-refractivity contribution in [3.8, 4) is 16.9 Å². The summed E-state index contributed by atoms with van der Waals surface area (Å²) < 4.78 is 32.9. The number of aromatic nitrogens is 2. The largest absolute Gasteiger partial charge is 0.510 e. The van der Waals surface area contributed by atoms with E-state index in [1.54, 1.807) is 12.1 Å². The van der Waals surface area contributed by atoms with Crippen LogP contribution in [0.3, 0.4) is 0 Å². The van der Waals surface area contributed by atoms with E-state index in [2.05, 4.69) is 13.8 Å². The van der Waals surface area contributed by atoms with E-state index in [-0.39, 0.29) is 24.5 Å². The first-order valence-corrected chi connectivity index (χ1v) is 12.5. The van der Waals surface area contributed by atoms with Gasteiger partial charge in [-0.05, 0) is 59.7 Å². The molecule has 0 radical (unpaired) electrons. The van der Waals surface area contributed by atoms with E-state index >= 15 is 0 Å². The minimum atomic E-state index is -2.16. The molecular formula is C25H29FN2O5P+. The number of aliphatic hydroxyl groups is 1. The third-order valence-corrected chi connectivity index (χ3v) is 6.45. The van der Waals surface area contributed by atoms with Gasteiger partial charge in [0, 0.05) is 11.1 Å². The van der Waals surface area contributed by atoms with Crippen LogP contribution in [0.15, 0.2) is 54.6 Å². The summed E-state index contributed by atoms with van der Waals surface area (Å²) in [4.78, 5) is 10.6. The van der Waals surface area contributed by atoms with E-state index in [0.29, 0.717) is 12.8 Å². The lowest BCUT2D eigenvalue weighted by Crippen LogP contribution is -2.15. The number of carboxylic acid groups (broad SMARTS) is 1. The molecule has 0 amide bonds. The van der Waals surface area contributed by atoms with Crippen LogP contribution in [0.2, 0.25) is 0 Å². The Morgan fingerprint density at radius 3 is 2.44 bits per heavy atom. The van der Waals surface area contributed by atoms with Gasteiger partial charge in [-0.25, -0.2) is 9.07 Å². The number of benzene rings is 2. The average molecular weight is 487 g/mol. The highest BCUT2D eigenvalue weighted by Crippen LogP contribution is 2.34. The quantitative estimate of drug-likeness (QED) is 0.265. The van der Waals surface area contributed by atoms with Gasteiger partial charge < -0.3 is 10.2 Å². The summed E-state index contributed by atoms with van der Waals surface area (Å²) in [6.45, 7) is 4.31. The fourth-order valence-electron chi connectivity index (χ4n) is 3.74. The van der Waals surface area contributed by atoms with E-state index < -0.39 is 26.5 Å². The smallest absolute Gasteiger partial charge is 0.481 e. The van der Waals surface area contributed by atoms with Crippen LogP contribution < -0.4 is 0 Å². The topological polar surface area (TPSA) is 102 Å². The van der Waals surface area contributed by atoms with Crippen LogP contribution in [0.1, 0.15) is 43.9 Å². The van der Waals surface area contributed by atoms with Gasteiger partial charge in [-0.2, -0.15) is 5.10 Å². The number of carboxylic acids is 1. The van der Waals surface area contributed by atoms with Crippen LogP contribution in [0.5, 0.6) is 0 Å². The van der Waals surface area contributed by atoms with E-state index in [1.165, 1.54) is 12.1 Å². The molecule has 9 heteroatoms. The van der Waals surface area contributed by atoms with Gasteiger partial charge in [-0.3, -0.25) is 4.79 Å². The lowest BCUT2D eigenvalue weighted by molar-refractivity contribution is -0.138. The maximum atomic E-state index is 13.6. The van der Waals surface area contributed by atoms with Crippen molar-refractivity contribution in [1.29, 1.82) is 0 Å². The minimum Gasteiger partial charge on any atom is -0.481 e. The molecule has 0 saturated heterocycles. The van der Waals surface area contributed by atoms with E-state index in [0.717, 1.165) is 28.2 Å². The van der Waals surface area contributed by atoms with Crippen LogP contribution in [0, 0.1) is 5.82 Å². The maximum Gasteiger partial charge on any atom is 0.510 e. The van der Waals surface area contributed by atoms with Crippen molar-refractivity contribution in [2.45, 2.75) is 45.1 Å². The van der Waals surface area contributed by atoms with Crippen molar-refractivity contribution in [1.82, 2.24) is 9.78 Å². The summed E-state index contributed by atoms with van der Waals surface area (Å²) in [6, 6.07) is 16.0. The Kier molecular flexibility index (Phi) is 9.05. The molecule has 1 aromatic heterocycles. The molecule has 0 aliphatic heterocycles. The van der Waals surface area contributed by atoms with Gasteiger partial charge in [0.05, 0.1) is 23.5 Å². The predicted octanol–water partition coefficient (Wildman–Crippen LogP) is 5.33. The minimum absolute atomic E-state index is 0.142. The molecule has 7 nitrogen and oxygen atoms in total. The number of hydrogen-bond acceptors (Lipinski definition) is 5. The van der Waals surface area contributed by atoms with Crippen LogP contribution in [-0.4, -0.2) is 44.8 Å². The molecule has 2 atom stereocenters. The molecule has 180 valence electrons. The number of aliphatic hydroxyl groups excluding tert-OH is 1. The molecule has 2 aromatic carbocycles. The summed E-state index contributed by atoms with van der Waals surface area (Å²) in [5.41, 5.74) is 4.53. The first kappa shape index (κ1) is 25.7. The number of aliphatic carboxylic acids is 1. The predicted molar refractivity (Wildman–Crippen MR) is 128 cm³/mol. The third-order valence-electron chi connectivity index (χ3n) is 5.26. The molecule has 34 heavy (non-hydrogen) atoms. The molecule has 1 unspecified atom stereocenters. The summed E-state index contributed by atoms with van der Waals surface area (Å²) in [5.74, 6) is -1.33. The Morgan fingerprint density at radius 2 is 1.82 bits per heavy atom. The molecule has 0 aliphatic rings. The van der Waals surface area contributed by atoms with Gasteiger partial charge in [0.25, 0.3) is 0 Å². The van der Waals surface area contributed by atoms with E-state index in [1.807, 2.05) is 35.0 Å². The Hall–Kier alpha value is -2.93. The van der Waals surface area contributed by atoms with Crippen LogP contribution >= 0.6 is 8.03 Å². The second-order valence-electron chi connectivity index (χ2n) is 8.33. The van der Waals surface area contributed by atoms with Crippen LogP contribution in [-0.2, 0) is 20.3 Å². The standard InChI is InChI=1S/C25H28FN2O5P/c1-17(2)24-22(9-6-14-33-34(32)16-21(29)15-23(30)31)25(18-10-12-19(26)13-11-18)28(27-24)20-7-4-3-5-8-20/h3-5,7-8,10-13,17,21,29H,6,9,14-16H2,1-2H3/p+1/t21-/m0/s1. The molecule has 0 fully saturated rings. The van der Waals surface area contributed by atoms with Crippen molar-refractivity contribution < 1.29 is 28.5 Å². The first-order valence-electron chi connectivity index (χ1n) is 11.2. The lowest BCUT2D eigenvalue weighted by Gasteiger charge is -2.11.